The Bertz CT molecular complexity index is 3160. The predicted octanol–water partition coefficient (Wildman–Crippen LogP) is 13.3. The fourth-order valence-electron chi connectivity index (χ4n) is 8.47. The van der Waals surface area contributed by atoms with E-state index in [2.05, 4.69) is 203 Å². The summed E-state index contributed by atoms with van der Waals surface area (Å²) in [5, 5.41) is 4.75. The minimum atomic E-state index is 0.686. The zero-order valence-electron chi connectivity index (χ0n) is 30.4. The van der Waals surface area contributed by atoms with E-state index in [1.807, 2.05) is 12.1 Å². The average molecular weight is 715 g/mol. The Balaban J connectivity index is 1.26. The monoisotopic (exact) mass is 714 g/mol. The van der Waals surface area contributed by atoms with Gasteiger partial charge in [0.1, 0.15) is 0 Å². The number of nitrogens with zero attached hydrogens (tertiary/aromatic N) is 4. The Kier molecular flexibility index (Phi) is 7.46. The van der Waals surface area contributed by atoms with Crippen LogP contribution in [0, 0.1) is 0 Å². The lowest BCUT2D eigenvalue weighted by molar-refractivity contribution is 1.17. The van der Waals surface area contributed by atoms with E-state index in [0.717, 1.165) is 67.1 Å². The zero-order valence-corrected chi connectivity index (χ0v) is 30.4. The first kappa shape index (κ1) is 31.9. The standard InChI is InChI=1S/C52H34N4/c1-5-17-35(18-6-1)44-34-45(36-19-7-2-8-20-36)54-52(53-44)42-30-32-49-51(41-26-14-16-28-47(41)56(49)39-23-11-4-12-24-39)50(42)37-29-31-48-43(33-37)40-25-13-15-27-46(40)55(48)38-21-9-3-10-22-38/h1-34H. The molecule has 0 bridgehead atoms. The molecule has 0 amide bonds. The third-order valence-corrected chi connectivity index (χ3v) is 10.9. The summed E-state index contributed by atoms with van der Waals surface area (Å²) in [5.74, 6) is 0.686. The number of hydrogen-bond donors (Lipinski definition) is 0. The Morgan fingerprint density at radius 3 is 1.39 bits per heavy atom. The van der Waals surface area contributed by atoms with E-state index in [-0.39, 0.29) is 0 Å². The molecular formula is C52H34N4. The molecule has 0 radical (unpaired) electrons. The van der Waals surface area contributed by atoms with Gasteiger partial charge in [-0.05, 0) is 72.3 Å². The highest BCUT2D eigenvalue weighted by Gasteiger charge is 2.23. The minimum Gasteiger partial charge on any atom is -0.309 e. The molecular weight excluding hydrogens is 681 g/mol. The van der Waals surface area contributed by atoms with Crippen LogP contribution in [0.25, 0.3) is 100 Å². The lowest BCUT2D eigenvalue weighted by Gasteiger charge is -2.15. The van der Waals surface area contributed by atoms with Crippen LogP contribution < -0.4 is 0 Å². The number of rotatable bonds is 6. The van der Waals surface area contributed by atoms with Gasteiger partial charge < -0.3 is 9.13 Å². The molecule has 3 heterocycles. The number of aromatic nitrogens is 4. The van der Waals surface area contributed by atoms with Gasteiger partial charge in [-0.15, -0.1) is 0 Å². The van der Waals surface area contributed by atoms with Crippen molar-refractivity contribution in [2.24, 2.45) is 0 Å². The summed E-state index contributed by atoms with van der Waals surface area (Å²) in [6.07, 6.45) is 0. The maximum atomic E-state index is 5.37. The molecule has 0 unspecified atom stereocenters. The quantitative estimate of drug-likeness (QED) is 0.172. The molecule has 8 aromatic carbocycles. The molecule has 56 heavy (non-hydrogen) atoms. The Hall–Kier alpha value is -7.56. The van der Waals surface area contributed by atoms with Gasteiger partial charge in [0.25, 0.3) is 0 Å². The molecule has 0 N–H and O–H groups in total. The molecule has 0 spiro atoms. The van der Waals surface area contributed by atoms with Crippen molar-refractivity contribution < 1.29 is 0 Å². The SMILES string of the molecule is c1ccc(-c2cc(-c3ccccc3)nc(-c3ccc4c(c3-c3ccc5c(c3)c3ccccc3n5-c3ccccc3)c3ccccc3n4-c3ccccc3)n2)cc1. The van der Waals surface area contributed by atoms with Crippen LogP contribution in [0.15, 0.2) is 206 Å². The molecule has 0 saturated carbocycles. The van der Waals surface area contributed by atoms with E-state index in [9.17, 15) is 0 Å². The molecule has 4 heteroatoms. The summed E-state index contributed by atoms with van der Waals surface area (Å²) in [6, 6.07) is 73.1. The largest absolute Gasteiger partial charge is 0.309 e. The average Bonchev–Trinajstić information content (AvgIpc) is 3.80. The zero-order chi connectivity index (χ0) is 37.0. The molecule has 262 valence electrons. The van der Waals surface area contributed by atoms with E-state index in [1.165, 1.54) is 27.1 Å². The first-order chi connectivity index (χ1) is 27.8. The third-order valence-electron chi connectivity index (χ3n) is 10.9. The molecule has 0 aliphatic carbocycles. The first-order valence-corrected chi connectivity index (χ1v) is 19.0. The highest BCUT2D eigenvalue weighted by atomic mass is 15.0. The summed E-state index contributed by atoms with van der Waals surface area (Å²) in [7, 11) is 0. The van der Waals surface area contributed by atoms with E-state index in [0.29, 0.717) is 5.82 Å². The maximum absolute atomic E-state index is 5.37. The van der Waals surface area contributed by atoms with Crippen molar-refractivity contribution >= 4 is 43.6 Å². The van der Waals surface area contributed by atoms with Crippen LogP contribution in [0.1, 0.15) is 0 Å². The highest BCUT2D eigenvalue weighted by Crippen LogP contribution is 2.45. The Morgan fingerprint density at radius 2 is 0.786 bits per heavy atom. The minimum absolute atomic E-state index is 0.686. The molecule has 0 saturated heterocycles. The lowest BCUT2D eigenvalue weighted by Crippen LogP contribution is -1.99. The Morgan fingerprint density at radius 1 is 0.321 bits per heavy atom. The molecule has 4 nitrogen and oxygen atoms in total. The van der Waals surface area contributed by atoms with Gasteiger partial charge in [0.15, 0.2) is 5.82 Å². The molecule has 11 rings (SSSR count). The maximum Gasteiger partial charge on any atom is 0.161 e. The van der Waals surface area contributed by atoms with E-state index >= 15 is 0 Å². The second-order valence-electron chi connectivity index (χ2n) is 14.2. The van der Waals surface area contributed by atoms with Gasteiger partial charge in [-0.25, -0.2) is 9.97 Å². The van der Waals surface area contributed by atoms with Gasteiger partial charge >= 0.3 is 0 Å². The number of para-hydroxylation sites is 4. The molecule has 11 aromatic rings. The molecule has 3 aromatic heterocycles. The highest BCUT2D eigenvalue weighted by molar-refractivity contribution is 6.20. The van der Waals surface area contributed by atoms with Gasteiger partial charge in [-0.1, -0.05) is 140 Å². The van der Waals surface area contributed by atoms with Crippen molar-refractivity contribution in [2.45, 2.75) is 0 Å². The predicted molar refractivity (Wildman–Crippen MR) is 232 cm³/mol. The topological polar surface area (TPSA) is 35.6 Å². The number of fused-ring (bicyclic) bond motifs is 6. The van der Waals surface area contributed by atoms with Gasteiger partial charge in [-0.2, -0.15) is 0 Å². The van der Waals surface area contributed by atoms with Crippen LogP contribution >= 0.6 is 0 Å². The van der Waals surface area contributed by atoms with Gasteiger partial charge in [-0.3, -0.25) is 0 Å². The van der Waals surface area contributed by atoms with Crippen molar-refractivity contribution in [3.8, 4) is 56.4 Å². The van der Waals surface area contributed by atoms with Crippen molar-refractivity contribution in [3.63, 3.8) is 0 Å². The summed E-state index contributed by atoms with van der Waals surface area (Å²) >= 11 is 0. The molecule has 0 fully saturated rings. The third kappa shape index (κ3) is 5.15. The van der Waals surface area contributed by atoms with Crippen LogP contribution in [-0.4, -0.2) is 19.1 Å². The van der Waals surface area contributed by atoms with Gasteiger partial charge in [0.2, 0.25) is 0 Å². The number of benzene rings is 8. The summed E-state index contributed by atoms with van der Waals surface area (Å²) < 4.78 is 4.75. The second kappa shape index (κ2) is 13.1. The normalized spacial score (nSPS) is 11.6. The summed E-state index contributed by atoms with van der Waals surface area (Å²) in [6.45, 7) is 0. The van der Waals surface area contributed by atoms with Crippen molar-refractivity contribution in [1.29, 1.82) is 0 Å². The van der Waals surface area contributed by atoms with Gasteiger partial charge in [0.05, 0.1) is 33.5 Å². The summed E-state index contributed by atoms with van der Waals surface area (Å²) in [4.78, 5) is 10.7. The Labute approximate surface area is 324 Å². The van der Waals surface area contributed by atoms with E-state index in [1.54, 1.807) is 0 Å². The smallest absolute Gasteiger partial charge is 0.161 e. The van der Waals surface area contributed by atoms with Crippen molar-refractivity contribution in [3.05, 3.63) is 206 Å². The molecule has 0 aliphatic rings. The fourth-order valence-corrected chi connectivity index (χ4v) is 8.47. The second-order valence-corrected chi connectivity index (χ2v) is 14.2. The van der Waals surface area contributed by atoms with Crippen LogP contribution in [0.3, 0.4) is 0 Å². The van der Waals surface area contributed by atoms with Crippen LogP contribution in [-0.2, 0) is 0 Å². The molecule has 0 atom stereocenters. The number of hydrogen-bond acceptors (Lipinski definition) is 2. The molecule has 0 aliphatic heterocycles. The van der Waals surface area contributed by atoms with Crippen LogP contribution in [0.4, 0.5) is 0 Å². The van der Waals surface area contributed by atoms with E-state index in [4.69, 9.17) is 9.97 Å². The lowest BCUT2D eigenvalue weighted by atomic mass is 9.92. The first-order valence-electron chi connectivity index (χ1n) is 19.0. The van der Waals surface area contributed by atoms with Gasteiger partial charge in [0, 0.05) is 55.2 Å². The fraction of sp³-hybridized carbons (Fsp3) is 0. The summed E-state index contributed by atoms with van der Waals surface area (Å²) in [5.41, 5.74) is 13.9. The van der Waals surface area contributed by atoms with Crippen LogP contribution in [0.2, 0.25) is 0 Å². The van der Waals surface area contributed by atoms with Crippen LogP contribution in [0.5, 0.6) is 0 Å². The van der Waals surface area contributed by atoms with E-state index < -0.39 is 0 Å². The van der Waals surface area contributed by atoms with Crippen molar-refractivity contribution in [2.75, 3.05) is 0 Å². The van der Waals surface area contributed by atoms with Crippen molar-refractivity contribution in [1.82, 2.24) is 19.1 Å².